The molecule has 0 fully saturated rings. The normalized spacial score (nSPS) is 18.2. The predicted octanol–water partition coefficient (Wildman–Crippen LogP) is 2.47. The standard InChI is InChI=1S/C13H13N3OS/c1-7-9-5-8(10-6-18-13(14)15-10)3-4-11(9)16(2)12(7)17/h3-7H,1-2H3,(H2,14,15). The molecule has 2 N–H and O–H groups in total. The third-order valence-corrected chi connectivity index (χ3v) is 4.05. The van der Waals surface area contributed by atoms with Gasteiger partial charge in [0.2, 0.25) is 5.91 Å². The number of amides is 1. The van der Waals surface area contributed by atoms with E-state index in [-0.39, 0.29) is 11.8 Å². The predicted molar refractivity (Wildman–Crippen MR) is 73.8 cm³/mol. The van der Waals surface area contributed by atoms with E-state index in [4.69, 9.17) is 5.73 Å². The minimum absolute atomic E-state index is 0.0825. The highest BCUT2D eigenvalue weighted by Gasteiger charge is 2.31. The lowest BCUT2D eigenvalue weighted by Gasteiger charge is -2.09. The van der Waals surface area contributed by atoms with Crippen LogP contribution in [0.15, 0.2) is 23.6 Å². The molecule has 4 nitrogen and oxygen atoms in total. The Hall–Kier alpha value is -1.88. The monoisotopic (exact) mass is 259 g/mol. The molecule has 0 saturated heterocycles. The van der Waals surface area contributed by atoms with Gasteiger partial charge in [0.15, 0.2) is 5.13 Å². The fourth-order valence-corrected chi connectivity index (χ4v) is 2.90. The van der Waals surface area contributed by atoms with Gasteiger partial charge in [-0.3, -0.25) is 4.79 Å². The first-order valence-electron chi connectivity index (χ1n) is 5.71. The number of likely N-dealkylation sites (N-methyl/N-ethyl adjacent to an activating group) is 1. The number of hydrogen-bond donors (Lipinski definition) is 1. The average Bonchev–Trinajstić information content (AvgIpc) is 2.89. The Balaban J connectivity index is 2.10. The van der Waals surface area contributed by atoms with Crippen LogP contribution in [0.4, 0.5) is 10.8 Å². The number of anilines is 2. The molecule has 0 aliphatic carbocycles. The Kier molecular flexibility index (Phi) is 2.38. The van der Waals surface area contributed by atoms with E-state index in [1.165, 1.54) is 11.3 Å². The van der Waals surface area contributed by atoms with Crippen molar-refractivity contribution >= 4 is 28.1 Å². The maximum Gasteiger partial charge on any atom is 0.234 e. The van der Waals surface area contributed by atoms with E-state index >= 15 is 0 Å². The number of carbonyl (C=O) groups excluding carboxylic acids is 1. The maximum atomic E-state index is 11.9. The largest absolute Gasteiger partial charge is 0.375 e. The number of benzene rings is 1. The molecule has 1 atom stereocenters. The Morgan fingerprint density at radius 3 is 2.89 bits per heavy atom. The van der Waals surface area contributed by atoms with Crippen LogP contribution < -0.4 is 10.6 Å². The average molecular weight is 259 g/mol. The summed E-state index contributed by atoms with van der Waals surface area (Å²) in [6.45, 7) is 1.93. The summed E-state index contributed by atoms with van der Waals surface area (Å²) in [7, 11) is 1.81. The summed E-state index contributed by atoms with van der Waals surface area (Å²) in [6, 6.07) is 5.99. The van der Waals surface area contributed by atoms with Gasteiger partial charge in [0.1, 0.15) is 0 Å². The van der Waals surface area contributed by atoms with Gasteiger partial charge in [0.25, 0.3) is 0 Å². The highest BCUT2D eigenvalue weighted by molar-refractivity contribution is 7.13. The topological polar surface area (TPSA) is 59.2 Å². The van der Waals surface area contributed by atoms with Crippen LogP contribution in [0.1, 0.15) is 18.4 Å². The van der Waals surface area contributed by atoms with E-state index < -0.39 is 0 Å². The summed E-state index contributed by atoms with van der Waals surface area (Å²) in [5.74, 6) is 0.0564. The van der Waals surface area contributed by atoms with E-state index in [9.17, 15) is 4.79 Å². The Bertz CT molecular complexity index is 635. The molecule has 0 radical (unpaired) electrons. The third kappa shape index (κ3) is 1.51. The summed E-state index contributed by atoms with van der Waals surface area (Å²) in [6.07, 6.45) is 0. The van der Waals surface area contributed by atoms with E-state index in [1.54, 1.807) is 4.90 Å². The van der Waals surface area contributed by atoms with Gasteiger partial charge in [-0.2, -0.15) is 0 Å². The molecule has 2 aromatic rings. The number of rotatable bonds is 1. The number of fused-ring (bicyclic) bond motifs is 1. The van der Waals surface area contributed by atoms with Crippen LogP contribution in [0.2, 0.25) is 0 Å². The zero-order valence-corrected chi connectivity index (χ0v) is 11.0. The number of nitrogens with zero attached hydrogens (tertiary/aromatic N) is 2. The molecule has 18 heavy (non-hydrogen) atoms. The molecule has 1 aliphatic heterocycles. The van der Waals surface area contributed by atoms with Gasteiger partial charge in [0.05, 0.1) is 11.6 Å². The van der Waals surface area contributed by atoms with Crippen molar-refractivity contribution in [2.24, 2.45) is 0 Å². The summed E-state index contributed by atoms with van der Waals surface area (Å²) >= 11 is 1.42. The molecule has 0 saturated carbocycles. The third-order valence-electron chi connectivity index (χ3n) is 3.37. The van der Waals surface area contributed by atoms with Gasteiger partial charge in [-0.05, 0) is 24.6 Å². The lowest BCUT2D eigenvalue weighted by Crippen LogP contribution is -2.22. The molecule has 1 aromatic carbocycles. The minimum atomic E-state index is -0.0825. The van der Waals surface area contributed by atoms with Crippen molar-refractivity contribution < 1.29 is 4.79 Å². The Morgan fingerprint density at radius 1 is 1.44 bits per heavy atom. The van der Waals surface area contributed by atoms with Crippen molar-refractivity contribution in [3.63, 3.8) is 0 Å². The first-order chi connectivity index (χ1) is 8.58. The molecular formula is C13H13N3OS. The Morgan fingerprint density at radius 2 is 2.22 bits per heavy atom. The molecule has 1 unspecified atom stereocenters. The number of aromatic nitrogens is 1. The molecule has 92 valence electrons. The maximum absolute atomic E-state index is 11.9. The van der Waals surface area contributed by atoms with Gasteiger partial charge < -0.3 is 10.6 Å². The Labute approximate surface area is 109 Å². The van der Waals surface area contributed by atoms with Crippen molar-refractivity contribution in [1.29, 1.82) is 0 Å². The number of hydrogen-bond acceptors (Lipinski definition) is 4. The number of nitrogens with two attached hydrogens (primary N) is 1. The SMILES string of the molecule is CC1C(=O)N(C)c2ccc(-c3csc(N)n3)cc21. The fourth-order valence-electron chi connectivity index (χ4n) is 2.33. The zero-order chi connectivity index (χ0) is 12.9. The molecule has 2 heterocycles. The second-order valence-corrected chi connectivity index (χ2v) is 5.35. The highest BCUT2D eigenvalue weighted by Crippen LogP contribution is 2.38. The molecule has 1 aromatic heterocycles. The van der Waals surface area contributed by atoms with Crippen LogP contribution >= 0.6 is 11.3 Å². The molecule has 1 amide bonds. The van der Waals surface area contributed by atoms with Crippen molar-refractivity contribution in [2.45, 2.75) is 12.8 Å². The van der Waals surface area contributed by atoms with E-state index in [1.807, 2.05) is 37.6 Å². The fraction of sp³-hybridized carbons (Fsp3) is 0.231. The quantitative estimate of drug-likeness (QED) is 0.856. The van der Waals surface area contributed by atoms with Crippen LogP contribution in [0.5, 0.6) is 0 Å². The summed E-state index contributed by atoms with van der Waals surface area (Å²) in [4.78, 5) is 17.9. The van der Waals surface area contributed by atoms with E-state index in [0.29, 0.717) is 5.13 Å². The van der Waals surface area contributed by atoms with E-state index in [0.717, 1.165) is 22.5 Å². The molecule has 3 rings (SSSR count). The summed E-state index contributed by atoms with van der Waals surface area (Å²) in [5, 5.41) is 2.49. The van der Waals surface area contributed by atoms with Gasteiger partial charge in [-0.15, -0.1) is 11.3 Å². The van der Waals surface area contributed by atoms with Gasteiger partial charge in [-0.1, -0.05) is 6.07 Å². The smallest absolute Gasteiger partial charge is 0.234 e. The van der Waals surface area contributed by atoms with Crippen LogP contribution in [-0.4, -0.2) is 17.9 Å². The van der Waals surface area contributed by atoms with Crippen molar-refractivity contribution in [2.75, 3.05) is 17.7 Å². The van der Waals surface area contributed by atoms with Crippen LogP contribution in [0.25, 0.3) is 11.3 Å². The number of nitrogen functional groups attached to an aromatic ring is 1. The lowest BCUT2D eigenvalue weighted by molar-refractivity contribution is -0.118. The second-order valence-electron chi connectivity index (χ2n) is 4.46. The van der Waals surface area contributed by atoms with Crippen molar-refractivity contribution in [3.8, 4) is 11.3 Å². The van der Waals surface area contributed by atoms with E-state index in [2.05, 4.69) is 4.98 Å². The summed E-state index contributed by atoms with van der Waals surface area (Å²) in [5.41, 5.74) is 9.57. The first-order valence-corrected chi connectivity index (χ1v) is 6.59. The molecule has 1 aliphatic rings. The summed E-state index contributed by atoms with van der Waals surface area (Å²) < 4.78 is 0. The van der Waals surface area contributed by atoms with Crippen molar-refractivity contribution in [3.05, 3.63) is 29.1 Å². The highest BCUT2D eigenvalue weighted by atomic mass is 32.1. The zero-order valence-electron chi connectivity index (χ0n) is 10.2. The van der Waals surface area contributed by atoms with Crippen molar-refractivity contribution in [1.82, 2.24) is 4.98 Å². The van der Waals surface area contributed by atoms with Crippen LogP contribution in [-0.2, 0) is 4.79 Å². The molecular weight excluding hydrogens is 246 g/mol. The number of thiazole rings is 1. The molecule has 5 heteroatoms. The van der Waals surface area contributed by atoms with Gasteiger partial charge in [0, 0.05) is 23.7 Å². The second kappa shape index (κ2) is 3.81. The molecule has 0 bridgehead atoms. The number of carbonyl (C=O) groups is 1. The molecule has 0 spiro atoms. The van der Waals surface area contributed by atoms with Gasteiger partial charge >= 0.3 is 0 Å². The van der Waals surface area contributed by atoms with Crippen LogP contribution in [0.3, 0.4) is 0 Å². The first kappa shape index (κ1) is 11.2. The van der Waals surface area contributed by atoms with Crippen LogP contribution in [0, 0.1) is 0 Å². The lowest BCUT2D eigenvalue weighted by atomic mass is 10.00. The van der Waals surface area contributed by atoms with Gasteiger partial charge in [-0.25, -0.2) is 4.98 Å². The minimum Gasteiger partial charge on any atom is -0.375 e.